The van der Waals surface area contributed by atoms with Gasteiger partial charge in [0.1, 0.15) is 6.26 Å². The molecule has 1 amide bonds. The Morgan fingerprint density at radius 2 is 2.22 bits per heavy atom. The maximum Gasteiger partial charge on any atom is 0.276 e. The smallest absolute Gasteiger partial charge is 0.276 e. The first-order chi connectivity index (χ1) is 11.0. The van der Waals surface area contributed by atoms with E-state index in [1.54, 1.807) is 19.3 Å². The second-order valence-electron chi connectivity index (χ2n) is 6.08. The normalized spacial score (nSPS) is 17.9. The highest BCUT2D eigenvalue weighted by molar-refractivity contribution is 5.92. The highest BCUT2D eigenvalue weighted by atomic mass is 16.3. The van der Waals surface area contributed by atoms with Crippen LogP contribution >= 0.6 is 0 Å². The van der Waals surface area contributed by atoms with Crippen LogP contribution in [0.1, 0.15) is 46.7 Å². The van der Waals surface area contributed by atoms with Crippen molar-refractivity contribution in [3.05, 3.63) is 41.6 Å². The van der Waals surface area contributed by atoms with Gasteiger partial charge in [-0.2, -0.15) is 0 Å². The molecule has 2 aromatic heterocycles. The van der Waals surface area contributed by atoms with Gasteiger partial charge in [-0.3, -0.25) is 14.8 Å². The zero-order chi connectivity index (χ0) is 16.4. The summed E-state index contributed by atoms with van der Waals surface area (Å²) in [5, 5.41) is 0. The molecule has 0 saturated carbocycles. The van der Waals surface area contributed by atoms with E-state index in [1.807, 2.05) is 23.9 Å². The van der Waals surface area contributed by atoms with Crippen LogP contribution in [-0.4, -0.2) is 51.3 Å². The van der Waals surface area contributed by atoms with Crippen LogP contribution in [-0.2, 0) is 6.54 Å². The average Bonchev–Trinajstić information content (AvgIpc) is 3.15. The first-order valence-electron chi connectivity index (χ1n) is 7.73. The lowest BCUT2D eigenvalue weighted by Crippen LogP contribution is -2.31. The fourth-order valence-electron chi connectivity index (χ4n) is 2.91. The lowest BCUT2D eigenvalue weighted by molar-refractivity contribution is 0.0726. The number of aryl methyl sites for hydroxylation is 1. The van der Waals surface area contributed by atoms with Crippen LogP contribution < -0.4 is 0 Å². The number of hydrogen-bond donors (Lipinski definition) is 0. The molecule has 1 saturated heterocycles. The summed E-state index contributed by atoms with van der Waals surface area (Å²) in [6.07, 6.45) is 6.78. The van der Waals surface area contributed by atoms with Crippen LogP contribution in [0.3, 0.4) is 0 Å². The maximum atomic E-state index is 12.7. The molecule has 0 N–H and O–H groups in total. The van der Waals surface area contributed by atoms with Crippen LogP contribution in [0.5, 0.6) is 0 Å². The highest BCUT2D eigenvalue weighted by Crippen LogP contribution is 2.31. The highest BCUT2D eigenvalue weighted by Gasteiger charge is 2.33. The molecule has 0 aliphatic carbocycles. The van der Waals surface area contributed by atoms with Crippen molar-refractivity contribution in [1.29, 1.82) is 0 Å². The minimum Gasteiger partial charge on any atom is -0.448 e. The topological polar surface area (TPSA) is 75.4 Å². The lowest BCUT2D eigenvalue weighted by atomic mass is 10.1. The molecule has 7 nitrogen and oxygen atoms in total. The predicted octanol–water partition coefficient (Wildman–Crippen LogP) is 1.81. The summed E-state index contributed by atoms with van der Waals surface area (Å²) in [6.45, 7) is 3.16. The van der Waals surface area contributed by atoms with E-state index in [0.717, 1.165) is 30.8 Å². The minimum absolute atomic E-state index is 0.0471. The van der Waals surface area contributed by atoms with Gasteiger partial charge >= 0.3 is 0 Å². The Morgan fingerprint density at radius 3 is 2.91 bits per heavy atom. The molecule has 3 heterocycles. The third-order valence-electron chi connectivity index (χ3n) is 3.87. The van der Waals surface area contributed by atoms with Crippen LogP contribution in [0.2, 0.25) is 0 Å². The Balaban J connectivity index is 1.82. The summed E-state index contributed by atoms with van der Waals surface area (Å²) in [5.74, 6) is 0.390. The number of carbonyl (C=O) groups excluding carboxylic acids is 1. The lowest BCUT2D eigenvalue weighted by Gasteiger charge is -2.23. The molecular formula is C16H21N5O2. The van der Waals surface area contributed by atoms with E-state index in [4.69, 9.17) is 4.42 Å². The summed E-state index contributed by atoms with van der Waals surface area (Å²) in [6, 6.07) is -0.0471. The van der Waals surface area contributed by atoms with Gasteiger partial charge in [-0.1, -0.05) is 0 Å². The van der Waals surface area contributed by atoms with Crippen molar-refractivity contribution in [3.8, 4) is 0 Å². The SMILES string of the molecule is Cc1nc(C(=O)N2CCC[C@H]2c2cncc(CN(C)C)n2)co1. The molecule has 0 bridgehead atoms. The molecule has 1 aliphatic rings. The van der Waals surface area contributed by atoms with Gasteiger partial charge in [0.05, 0.1) is 23.6 Å². The second-order valence-corrected chi connectivity index (χ2v) is 6.08. The third-order valence-corrected chi connectivity index (χ3v) is 3.87. The molecule has 0 radical (unpaired) electrons. The molecule has 0 aromatic carbocycles. The van der Waals surface area contributed by atoms with Crippen LogP contribution in [0.4, 0.5) is 0 Å². The Bertz CT molecular complexity index is 697. The molecule has 1 atom stereocenters. The van der Waals surface area contributed by atoms with E-state index < -0.39 is 0 Å². The second kappa shape index (κ2) is 6.45. The number of carbonyl (C=O) groups is 1. The Kier molecular flexibility index (Phi) is 4.38. The summed E-state index contributed by atoms with van der Waals surface area (Å²) in [7, 11) is 3.99. The van der Waals surface area contributed by atoms with Crippen molar-refractivity contribution in [2.24, 2.45) is 0 Å². The molecule has 0 spiro atoms. The molecule has 3 rings (SSSR count). The number of rotatable bonds is 4. The molecular weight excluding hydrogens is 294 g/mol. The number of amides is 1. The molecule has 0 unspecified atom stereocenters. The van der Waals surface area contributed by atoms with E-state index in [-0.39, 0.29) is 11.9 Å². The average molecular weight is 315 g/mol. The van der Waals surface area contributed by atoms with Gasteiger partial charge in [-0.25, -0.2) is 4.98 Å². The number of aromatic nitrogens is 3. The van der Waals surface area contributed by atoms with Gasteiger partial charge in [0.25, 0.3) is 5.91 Å². The fraction of sp³-hybridized carbons (Fsp3) is 0.500. The summed E-state index contributed by atoms with van der Waals surface area (Å²) in [4.78, 5) is 29.6. The minimum atomic E-state index is -0.107. The van der Waals surface area contributed by atoms with E-state index in [9.17, 15) is 4.79 Å². The largest absolute Gasteiger partial charge is 0.448 e. The quantitative estimate of drug-likeness (QED) is 0.856. The van der Waals surface area contributed by atoms with E-state index in [2.05, 4.69) is 15.0 Å². The first kappa shape index (κ1) is 15.6. The summed E-state index contributed by atoms with van der Waals surface area (Å²) < 4.78 is 5.16. The number of nitrogens with zero attached hydrogens (tertiary/aromatic N) is 5. The molecule has 2 aromatic rings. The van der Waals surface area contributed by atoms with Crippen molar-refractivity contribution in [1.82, 2.24) is 24.8 Å². The van der Waals surface area contributed by atoms with Gasteiger partial charge in [0.15, 0.2) is 11.6 Å². The Hall–Kier alpha value is -2.28. The van der Waals surface area contributed by atoms with E-state index >= 15 is 0 Å². The first-order valence-corrected chi connectivity index (χ1v) is 7.73. The van der Waals surface area contributed by atoms with Gasteiger partial charge in [0, 0.05) is 26.2 Å². The number of oxazole rings is 1. The Labute approximate surface area is 135 Å². The van der Waals surface area contributed by atoms with Gasteiger partial charge in [-0.15, -0.1) is 0 Å². The summed E-state index contributed by atoms with van der Waals surface area (Å²) >= 11 is 0. The fourth-order valence-corrected chi connectivity index (χ4v) is 2.91. The maximum absolute atomic E-state index is 12.7. The third kappa shape index (κ3) is 3.39. The zero-order valence-corrected chi connectivity index (χ0v) is 13.7. The predicted molar refractivity (Wildman–Crippen MR) is 83.7 cm³/mol. The van der Waals surface area contributed by atoms with Crippen LogP contribution in [0.15, 0.2) is 23.1 Å². The monoisotopic (exact) mass is 315 g/mol. The molecule has 7 heteroatoms. The Morgan fingerprint density at radius 1 is 1.39 bits per heavy atom. The van der Waals surface area contributed by atoms with Crippen molar-refractivity contribution in [3.63, 3.8) is 0 Å². The molecule has 1 aliphatic heterocycles. The molecule has 1 fully saturated rings. The number of likely N-dealkylation sites (tertiary alicyclic amines) is 1. The van der Waals surface area contributed by atoms with Crippen molar-refractivity contribution in [2.45, 2.75) is 32.4 Å². The molecule has 122 valence electrons. The zero-order valence-electron chi connectivity index (χ0n) is 13.7. The van der Waals surface area contributed by atoms with Crippen molar-refractivity contribution < 1.29 is 9.21 Å². The van der Waals surface area contributed by atoms with Gasteiger partial charge in [-0.05, 0) is 26.9 Å². The van der Waals surface area contributed by atoms with Gasteiger partial charge in [0.2, 0.25) is 0 Å². The standard InChI is InChI=1S/C16H21N5O2/c1-11-18-14(10-23-11)16(22)21-6-4-5-15(21)13-8-17-7-12(19-13)9-20(2)3/h7-8,10,15H,4-6,9H2,1-3H3/t15-/m0/s1. The van der Waals surface area contributed by atoms with Crippen LogP contribution in [0, 0.1) is 6.92 Å². The van der Waals surface area contributed by atoms with E-state index in [0.29, 0.717) is 18.1 Å². The van der Waals surface area contributed by atoms with E-state index in [1.165, 1.54) is 6.26 Å². The van der Waals surface area contributed by atoms with Crippen molar-refractivity contribution in [2.75, 3.05) is 20.6 Å². The summed E-state index contributed by atoms with van der Waals surface area (Å²) in [5.41, 5.74) is 2.10. The van der Waals surface area contributed by atoms with Gasteiger partial charge < -0.3 is 14.2 Å². The molecule has 23 heavy (non-hydrogen) atoms. The number of hydrogen-bond acceptors (Lipinski definition) is 6. The van der Waals surface area contributed by atoms with Crippen molar-refractivity contribution >= 4 is 5.91 Å². The van der Waals surface area contributed by atoms with Crippen LogP contribution in [0.25, 0.3) is 0 Å².